The van der Waals surface area contributed by atoms with Crippen molar-refractivity contribution in [2.24, 2.45) is 11.3 Å². The molecule has 3 aliphatic rings. The molecule has 0 radical (unpaired) electrons. The van der Waals surface area contributed by atoms with Gasteiger partial charge in [-0.1, -0.05) is 0 Å². The van der Waals surface area contributed by atoms with Crippen molar-refractivity contribution in [3.63, 3.8) is 0 Å². The molecule has 4 rings (SSSR count). The maximum Gasteiger partial charge on any atom is 0.230 e. The molecule has 5 nitrogen and oxygen atoms in total. The number of carbonyl (C=O) groups is 1. The van der Waals surface area contributed by atoms with E-state index in [1.54, 1.807) is 0 Å². The molecule has 0 aromatic carbocycles. The highest BCUT2D eigenvalue weighted by molar-refractivity contribution is 5.84. The Morgan fingerprint density at radius 2 is 2.16 bits per heavy atom. The molecule has 134 valence electrons. The van der Waals surface area contributed by atoms with Crippen LogP contribution in [-0.4, -0.2) is 46.5 Å². The molecule has 1 aromatic heterocycles. The Hall–Kier alpha value is -1.80. The summed E-state index contributed by atoms with van der Waals surface area (Å²) >= 11 is 0. The van der Waals surface area contributed by atoms with E-state index in [-0.39, 0.29) is 5.41 Å². The van der Waals surface area contributed by atoms with E-state index in [2.05, 4.69) is 29.0 Å². The van der Waals surface area contributed by atoms with E-state index in [4.69, 9.17) is 0 Å². The summed E-state index contributed by atoms with van der Waals surface area (Å²) in [4.78, 5) is 17.7. The van der Waals surface area contributed by atoms with E-state index >= 15 is 0 Å². The molecule has 1 aliphatic carbocycles. The van der Waals surface area contributed by atoms with Crippen LogP contribution in [-0.2, 0) is 17.9 Å². The van der Waals surface area contributed by atoms with E-state index in [0.717, 1.165) is 70.1 Å². The molecule has 0 N–H and O–H groups in total. The fraction of sp³-hybridized carbons (Fsp3) is 0.700. The Bertz CT molecular complexity index is 699. The van der Waals surface area contributed by atoms with Crippen LogP contribution in [0.15, 0.2) is 12.3 Å². The minimum Gasteiger partial charge on any atom is -0.342 e. The summed E-state index contributed by atoms with van der Waals surface area (Å²) in [5, 5.41) is 9.23. The second-order valence-electron chi connectivity index (χ2n) is 8.17. The zero-order valence-electron chi connectivity index (χ0n) is 15.2. The highest BCUT2D eigenvalue weighted by Gasteiger charge is 2.48. The quantitative estimate of drug-likeness (QED) is 0.828. The predicted octanol–water partition coefficient (Wildman–Crippen LogP) is 2.60. The van der Waals surface area contributed by atoms with Crippen molar-refractivity contribution >= 4 is 5.91 Å². The first kappa shape index (κ1) is 16.7. The molecule has 1 saturated carbocycles. The molecule has 3 fully saturated rings. The van der Waals surface area contributed by atoms with Crippen LogP contribution in [0.1, 0.15) is 50.3 Å². The fourth-order valence-corrected chi connectivity index (χ4v) is 4.68. The summed E-state index contributed by atoms with van der Waals surface area (Å²) in [5.74, 6) is 1.19. The fourth-order valence-electron chi connectivity index (χ4n) is 4.68. The van der Waals surface area contributed by atoms with E-state index in [9.17, 15) is 10.1 Å². The number of rotatable bonds is 5. The zero-order chi connectivity index (χ0) is 17.4. The van der Waals surface area contributed by atoms with Crippen molar-refractivity contribution in [3.8, 4) is 6.07 Å². The average Bonchev–Trinajstić information content (AvgIpc) is 3.20. The summed E-state index contributed by atoms with van der Waals surface area (Å²) in [7, 11) is 0. The van der Waals surface area contributed by atoms with Gasteiger partial charge in [0.15, 0.2) is 0 Å². The minimum absolute atomic E-state index is 0.140. The SMILES string of the molecule is CCn1cc(CN2CC[C@]3(CCCN(CC4CC4)C3=O)C2)cc1C#N. The summed E-state index contributed by atoms with van der Waals surface area (Å²) in [5.41, 5.74) is 1.78. The van der Waals surface area contributed by atoms with Gasteiger partial charge in [0.2, 0.25) is 5.91 Å². The van der Waals surface area contributed by atoms with Gasteiger partial charge in [0.05, 0.1) is 5.41 Å². The number of amides is 1. The van der Waals surface area contributed by atoms with Gasteiger partial charge < -0.3 is 9.47 Å². The number of carbonyl (C=O) groups excluding carboxylic acids is 1. The lowest BCUT2D eigenvalue weighted by molar-refractivity contribution is -0.145. The molecule has 2 saturated heterocycles. The van der Waals surface area contributed by atoms with Gasteiger partial charge in [-0.2, -0.15) is 5.26 Å². The van der Waals surface area contributed by atoms with Crippen LogP contribution in [0.3, 0.4) is 0 Å². The van der Waals surface area contributed by atoms with Crippen LogP contribution in [0.5, 0.6) is 0 Å². The van der Waals surface area contributed by atoms with Crippen LogP contribution in [0.4, 0.5) is 0 Å². The number of likely N-dealkylation sites (tertiary alicyclic amines) is 2. The van der Waals surface area contributed by atoms with Crippen LogP contribution >= 0.6 is 0 Å². The van der Waals surface area contributed by atoms with Gasteiger partial charge in [-0.25, -0.2) is 0 Å². The van der Waals surface area contributed by atoms with Crippen LogP contribution in [0.2, 0.25) is 0 Å². The monoisotopic (exact) mass is 340 g/mol. The molecule has 1 amide bonds. The predicted molar refractivity (Wildman–Crippen MR) is 95.7 cm³/mol. The number of hydrogen-bond donors (Lipinski definition) is 0. The molecule has 3 heterocycles. The third-order valence-corrected chi connectivity index (χ3v) is 6.25. The van der Waals surface area contributed by atoms with Crippen molar-refractivity contribution < 1.29 is 4.79 Å². The third kappa shape index (κ3) is 3.20. The zero-order valence-corrected chi connectivity index (χ0v) is 15.2. The highest BCUT2D eigenvalue weighted by Crippen LogP contribution is 2.42. The van der Waals surface area contributed by atoms with E-state index in [1.165, 1.54) is 18.4 Å². The normalized spacial score (nSPS) is 27.2. The Kier molecular flexibility index (Phi) is 4.33. The van der Waals surface area contributed by atoms with Gasteiger partial charge in [-0.15, -0.1) is 0 Å². The molecular weight excluding hydrogens is 312 g/mol. The van der Waals surface area contributed by atoms with Crippen molar-refractivity contribution in [1.29, 1.82) is 5.26 Å². The Labute approximate surface area is 150 Å². The lowest BCUT2D eigenvalue weighted by Crippen LogP contribution is -2.50. The summed E-state index contributed by atoms with van der Waals surface area (Å²) in [6, 6.07) is 4.27. The maximum absolute atomic E-state index is 13.1. The van der Waals surface area contributed by atoms with Crippen molar-refractivity contribution in [2.75, 3.05) is 26.2 Å². The first-order chi connectivity index (χ1) is 12.1. The van der Waals surface area contributed by atoms with Gasteiger partial charge in [-0.3, -0.25) is 9.69 Å². The van der Waals surface area contributed by atoms with Crippen LogP contribution in [0.25, 0.3) is 0 Å². The molecular formula is C20H28N4O. The van der Waals surface area contributed by atoms with Crippen LogP contribution < -0.4 is 0 Å². The van der Waals surface area contributed by atoms with E-state index in [0.29, 0.717) is 5.91 Å². The number of hydrogen-bond acceptors (Lipinski definition) is 3. The van der Waals surface area contributed by atoms with Crippen molar-refractivity contribution in [2.45, 2.75) is 52.1 Å². The maximum atomic E-state index is 13.1. The van der Waals surface area contributed by atoms with Gasteiger partial charge in [0, 0.05) is 38.9 Å². The van der Waals surface area contributed by atoms with E-state index < -0.39 is 0 Å². The lowest BCUT2D eigenvalue weighted by Gasteiger charge is -2.39. The van der Waals surface area contributed by atoms with Crippen LogP contribution in [0, 0.1) is 22.7 Å². The van der Waals surface area contributed by atoms with Gasteiger partial charge in [0.25, 0.3) is 0 Å². The van der Waals surface area contributed by atoms with Gasteiger partial charge in [-0.05, 0) is 63.1 Å². The summed E-state index contributed by atoms with van der Waals surface area (Å²) < 4.78 is 2.00. The summed E-state index contributed by atoms with van der Waals surface area (Å²) in [6.07, 6.45) is 7.88. The molecule has 0 unspecified atom stereocenters. The second kappa shape index (κ2) is 6.49. The molecule has 5 heteroatoms. The number of nitriles is 1. The smallest absolute Gasteiger partial charge is 0.230 e. The van der Waals surface area contributed by atoms with Crippen molar-refractivity contribution in [3.05, 3.63) is 23.5 Å². The molecule has 1 spiro atoms. The molecule has 1 aromatic rings. The average molecular weight is 340 g/mol. The number of nitrogens with zero attached hydrogens (tertiary/aromatic N) is 4. The Morgan fingerprint density at radius 1 is 1.32 bits per heavy atom. The Balaban J connectivity index is 1.42. The summed E-state index contributed by atoms with van der Waals surface area (Å²) in [6.45, 7) is 7.55. The number of piperidine rings is 1. The topological polar surface area (TPSA) is 52.3 Å². The largest absolute Gasteiger partial charge is 0.342 e. The molecule has 1 atom stereocenters. The minimum atomic E-state index is -0.140. The number of aromatic nitrogens is 1. The highest BCUT2D eigenvalue weighted by atomic mass is 16.2. The lowest BCUT2D eigenvalue weighted by atomic mass is 9.78. The van der Waals surface area contributed by atoms with E-state index in [1.807, 2.05) is 10.6 Å². The molecule has 25 heavy (non-hydrogen) atoms. The first-order valence-corrected chi connectivity index (χ1v) is 9.74. The molecule has 2 aliphatic heterocycles. The standard InChI is InChI=1S/C20H28N4O/c1-2-23-14-17(10-18(23)11-21)12-22-9-7-20(15-22)6-3-8-24(19(20)25)13-16-4-5-16/h10,14,16H,2-9,12-13,15H2,1H3/t20-/m1/s1. The second-order valence-corrected chi connectivity index (χ2v) is 8.17. The van der Waals surface area contributed by atoms with Gasteiger partial charge in [0.1, 0.15) is 11.8 Å². The van der Waals surface area contributed by atoms with Gasteiger partial charge >= 0.3 is 0 Å². The Morgan fingerprint density at radius 3 is 2.84 bits per heavy atom. The third-order valence-electron chi connectivity index (χ3n) is 6.25. The number of aryl methyl sites for hydroxylation is 1. The van der Waals surface area contributed by atoms with Crippen molar-refractivity contribution in [1.82, 2.24) is 14.4 Å². The first-order valence-electron chi connectivity index (χ1n) is 9.74. The molecule has 0 bridgehead atoms.